The molecule has 78 valence electrons. The number of rotatable bonds is 5. The lowest BCUT2D eigenvalue weighted by Crippen LogP contribution is -2.21. The van der Waals surface area contributed by atoms with Crippen LogP contribution in [0.3, 0.4) is 0 Å². The molecular weight excluding hydrogens is 178 g/mol. The lowest BCUT2D eigenvalue weighted by Gasteiger charge is -2.07. The van der Waals surface area contributed by atoms with Gasteiger partial charge in [0.25, 0.3) is 5.56 Å². The average Bonchev–Trinajstić information content (AvgIpc) is 2.20. The summed E-state index contributed by atoms with van der Waals surface area (Å²) >= 11 is 0. The monoisotopic (exact) mass is 195 g/mol. The average molecular weight is 195 g/mol. The molecule has 0 amide bonds. The van der Waals surface area contributed by atoms with E-state index in [1.165, 1.54) is 0 Å². The van der Waals surface area contributed by atoms with E-state index in [4.69, 9.17) is 4.74 Å². The molecule has 1 aromatic rings. The molecule has 0 unspecified atom stereocenters. The number of aromatic nitrogens is 1. The third-order valence-electron chi connectivity index (χ3n) is 1.91. The van der Waals surface area contributed by atoms with Gasteiger partial charge in [0.2, 0.25) is 0 Å². The van der Waals surface area contributed by atoms with Crippen molar-refractivity contribution in [1.82, 2.24) is 4.57 Å². The highest BCUT2D eigenvalue weighted by Gasteiger charge is 2.02. The van der Waals surface area contributed by atoms with Crippen LogP contribution in [-0.2, 0) is 6.54 Å². The largest absolute Gasteiger partial charge is 0.488 e. The van der Waals surface area contributed by atoms with Crippen LogP contribution in [0.25, 0.3) is 0 Å². The van der Waals surface area contributed by atoms with Crippen LogP contribution in [0.4, 0.5) is 0 Å². The molecule has 0 bridgehead atoms. The summed E-state index contributed by atoms with van der Waals surface area (Å²) in [7, 11) is 0. The maximum absolute atomic E-state index is 11.7. The van der Waals surface area contributed by atoms with Crippen LogP contribution < -0.4 is 10.3 Å². The van der Waals surface area contributed by atoms with Crippen molar-refractivity contribution in [1.29, 1.82) is 0 Å². The minimum atomic E-state index is -0.0252. The Morgan fingerprint density at radius 3 is 2.79 bits per heavy atom. The zero-order chi connectivity index (χ0) is 10.4. The van der Waals surface area contributed by atoms with Gasteiger partial charge in [0.05, 0.1) is 6.61 Å². The van der Waals surface area contributed by atoms with Crippen LogP contribution in [0.15, 0.2) is 23.1 Å². The second kappa shape index (κ2) is 5.47. The molecule has 0 fully saturated rings. The second-order valence-corrected chi connectivity index (χ2v) is 3.22. The summed E-state index contributed by atoms with van der Waals surface area (Å²) in [5, 5.41) is 0. The third kappa shape index (κ3) is 2.62. The van der Waals surface area contributed by atoms with Crippen molar-refractivity contribution in [2.75, 3.05) is 6.61 Å². The summed E-state index contributed by atoms with van der Waals surface area (Å²) < 4.78 is 7.03. The number of aryl methyl sites for hydroxylation is 1. The van der Waals surface area contributed by atoms with E-state index in [1.54, 1.807) is 16.8 Å². The predicted octanol–water partition coefficient (Wildman–Crippen LogP) is 2.05. The van der Waals surface area contributed by atoms with Crippen molar-refractivity contribution in [3.8, 4) is 5.75 Å². The fourth-order valence-electron chi connectivity index (χ4n) is 1.25. The number of pyridine rings is 1. The Hall–Kier alpha value is -1.25. The van der Waals surface area contributed by atoms with Crippen molar-refractivity contribution in [3.63, 3.8) is 0 Å². The number of nitrogens with zero attached hydrogens (tertiary/aromatic N) is 1. The molecule has 0 aliphatic heterocycles. The van der Waals surface area contributed by atoms with Crippen molar-refractivity contribution < 1.29 is 4.74 Å². The van der Waals surface area contributed by atoms with Gasteiger partial charge < -0.3 is 9.30 Å². The highest BCUT2D eigenvalue weighted by molar-refractivity contribution is 5.17. The Kier molecular flexibility index (Phi) is 4.23. The maximum Gasteiger partial charge on any atom is 0.292 e. The molecule has 3 nitrogen and oxygen atoms in total. The van der Waals surface area contributed by atoms with Gasteiger partial charge in [-0.3, -0.25) is 4.79 Å². The fourth-order valence-corrected chi connectivity index (χ4v) is 1.25. The summed E-state index contributed by atoms with van der Waals surface area (Å²) in [4.78, 5) is 11.7. The molecular formula is C11H17NO2. The molecule has 0 saturated heterocycles. The van der Waals surface area contributed by atoms with Crippen LogP contribution >= 0.6 is 0 Å². The topological polar surface area (TPSA) is 31.2 Å². The number of ether oxygens (including phenoxy) is 1. The standard InChI is InChI=1S/C11H17NO2/c1-3-7-12-8-5-6-10(11(12)13)14-9-4-2/h5-6,8H,3-4,7,9H2,1-2H3. The first-order valence-electron chi connectivity index (χ1n) is 5.11. The van der Waals surface area contributed by atoms with Gasteiger partial charge >= 0.3 is 0 Å². The summed E-state index contributed by atoms with van der Waals surface area (Å²) in [5.74, 6) is 0.461. The molecule has 1 heterocycles. The van der Waals surface area contributed by atoms with Crippen molar-refractivity contribution in [3.05, 3.63) is 28.7 Å². The van der Waals surface area contributed by atoms with Gasteiger partial charge in [0, 0.05) is 12.7 Å². The maximum atomic E-state index is 11.7. The van der Waals surface area contributed by atoms with Gasteiger partial charge in [-0.1, -0.05) is 13.8 Å². The molecule has 0 radical (unpaired) electrons. The first-order chi connectivity index (χ1) is 6.79. The van der Waals surface area contributed by atoms with Crippen LogP contribution in [0.2, 0.25) is 0 Å². The Bertz CT molecular complexity index is 330. The highest BCUT2D eigenvalue weighted by atomic mass is 16.5. The zero-order valence-corrected chi connectivity index (χ0v) is 8.82. The summed E-state index contributed by atoms with van der Waals surface area (Å²) in [6.45, 7) is 5.42. The van der Waals surface area contributed by atoms with Gasteiger partial charge in [-0.2, -0.15) is 0 Å². The van der Waals surface area contributed by atoms with E-state index in [9.17, 15) is 4.79 Å². The van der Waals surface area contributed by atoms with Gasteiger partial charge in [-0.25, -0.2) is 0 Å². The van der Waals surface area contributed by atoms with E-state index < -0.39 is 0 Å². The zero-order valence-electron chi connectivity index (χ0n) is 8.82. The number of hydrogen-bond acceptors (Lipinski definition) is 2. The minimum absolute atomic E-state index is 0.0252. The van der Waals surface area contributed by atoms with Crippen LogP contribution in [0.1, 0.15) is 26.7 Å². The van der Waals surface area contributed by atoms with Crippen LogP contribution in [0.5, 0.6) is 5.75 Å². The van der Waals surface area contributed by atoms with E-state index in [0.29, 0.717) is 12.4 Å². The molecule has 3 heteroatoms. The Labute approximate surface area is 84.3 Å². The molecule has 0 N–H and O–H groups in total. The first kappa shape index (κ1) is 10.8. The van der Waals surface area contributed by atoms with Gasteiger partial charge in [0.1, 0.15) is 0 Å². The Morgan fingerprint density at radius 2 is 2.14 bits per heavy atom. The highest BCUT2D eigenvalue weighted by Crippen LogP contribution is 2.02. The van der Waals surface area contributed by atoms with E-state index in [0.717, 1.165) is 19.4 Å². The smallest absolute Gasteiger partial charge is 0.292 e. The molecule has 0 aliphatic rings. The second-order valence-electron chi connectivity index (χ2n) is 3.22. The lowest BCUT2D eigenvalue weighted by atomic mass is 10.4. The van der Waals surface area contributed by atoms with Gasteiger partial charge in [-0.05, 0) is 25.0 Å². The van der Waals surface area contributed by atoms with Crippen molar-refractivity contribution in [2.45, 2.75) is 33.2 Å². The molecule has 1 aromatic heterocycles. The predicted molar refractivity (Wildman–Crippen MR) is 56.8 cm³/mol. The summed E-state index contributed by atoms with van der Waals surface area (Å²) in [6, 6.07) is 3.58. The Balaban J connectivity index is 2.84. The van der Waals surface area contributed by atoms with E-state index in [1.807, 2.05) is 19.9 Å². The quantitative estimate of drug-likeness (QED) is 0.720. The number of hydrogen-bond donors (Lipinski definition) is 0. The van der Waals surface area contributed by atoms with E-state index in [-0.39, 0.29) is 5.56 Å². The Morgan fingerprint density at radius 1 is 1.36 bits per heavy atom. The van der Waals surface area contributed by atoms with Crippen LogP contribution in [-0.4, -0.2) is 11.2 Å². The molecule has 0 atom stereocenters. The molecule has 0 aromatic carbocycles. The minimum Gasteiger partial charge on any atom is -0.488 e. The van der Waals surface area contributed by atoms with Crippen LogP contribution in [0, 0.1) is 0 Å². The lowest BCUT2D eigenvalue weighted by molar-refractivity contribution is 0.310. The summed E-state index contributed by atoms with van der Waals surface area (Å²) in [5.41, 5.74) is -0.0252. The van der Waals surface area contributed by atoms with Gasteiger partial charge in [-0.15, -0.1) is 0 Å². The molecule has 0 saturated carbocycles. The SMILES string of the molecule is CCCOc1cccn(CCC)c1=O. The molecule has 0 aliphatic carbocycles. The van der Waals surface area contributed by atoms with Crippen molar-refractivity contribution >= 4 is 0 Å². The summed E-state index contributed by atoms with van der Waals surface area (Å²) in [6.07, 6.45) is 3.67. The van der Waals surface area contributed by atoms with E-state index >= 15 is 0 Å². The van der Waals surface area contributed by atoms with Gasteiger partial charge in [0.15, 0.2) is 5.75 Å². The molecule has 0 spiro atoms. The van der Waals surface area contributed by atoms with E-state index in [2.05, 4.69) is 0 Å². The molecule has 1 rings (SSSR count). The normalized spacial score (nSPS) is 10.1. The first-order valence-corrected chi connectivity index (χ1v) is 5.11. The molecule has 14 heavy (non-hydrogen) atoms. The fraction of sp³-hybridized carbons (Fsp3) is 0.545. The van der Waals surface area contributed by atoms with Crippen molar-refractivity contribution in [2.24, 2.45) is 0 Å². The third-order valence-corrected chi connectivity index (χ3v) is 1.91.